The minimum absolute atomic E-state index is 0.686. The summed E-state index contributed by atoms with van der Waals surface area (Å²) in [7, 11) is 1.90. The van der Waals surface area contributed by atoms with Gasteiger partial charge < -0.3 is 10.1 Å². The molecule has 0 fully saturated rings. The number of likely N-dealkylation sites (N-methyl/N-ethyl adjacent to an activating group) is 1. The van der Waals surface area contributed by atoms with E-state index in [0.29, 0.717) is 13.2 Å². The monoisotopic (exact) mass is 130 g/mol. The van der Waals surface area contributed by atoms with Crippen molar-refractivity contribution in [2.45, 2.75) is 0 Å². The first kappa shape index (κ1) is 8.59. The highest BCUT2D eigenvalue weighted by Crippen LogP contribution is 1.72. The zero-order valence-electron chi connectivity index (χ0n) is 5.89. The molecule has 0 saturated carbocycles. The Kier molecular flexibility index (Phi) is 7.24. The Labute approximate surface area is 56.1 Å². The van der Waals surface area contributed by atoms with Crippen LogP contribution in [0.5, 0.6) is 0 Å². The lowest BCUT2D eigenvalue weighted by Gasteiger charge is -1.99. The number of nitrogens with one attached hydrogen (secondary N) is 1. The molecular weight excluding hydrogens is 116 g/mol. The fraction of sp³-hybridized carbons (Fsp3) is 0.833. The standard InChI is InChI=1S/C6H14N2O/c1-7-3-5-9-6-4-8-2/h8H,1,3-6H2,2H3. The van der Waals surface area contributed by atoms with Crippen LogP contribution >= 0.6 is 0 Å². The van der Waals surface area contributed by atoms with E-state index in [1.807, 2.05) is 7.05 Å². The van der Waals surface area contributed by atoms with E-state index in [2.05, 4.69) is 17.0 Å². The Morgan fingerprint density at radius 1 is 1.56 bits per heavy atom. The maximum atomic E-state index is 5.12. The molecule has 0 amide bonds. The molecule has 3 nitrogen and oxygen atoms in total. The summed E-state index contributed by atoms with van der Waals surface area (Å²) in [5.74, 6) is 0. The first-order valence-electron chi connectivity index (χ1n) is 3.06. The molecular formula is C6H14N2O. The van der Waals surface area contributed by atoms with Gasteiger partial charge in [0.1, 0.15) is 0 Å². The second kappa shape index (κ2) is 7.59. The summed E-state index contributed by atoms with van der Waals surface area (Å²) in [6, 6.07) is 0. The number of ether oxygens (including phenoxy) is 1. The zero-order valence-corrected chi connectivity index (χ0v) is 5.89. The van der Waals surface area contributed by atoms with Crippen LogP contribution in [0.2, 0.25) is 0 Å². The third-order valence-electron chi connectivity index (χ3n) is 0.890. The van der Waals surface area contributed by atoms with Gasteiger partial charge in [0.25, 0.3) is 0 Å². The predicted octanol–water partition coefficient (Wildman–Crippen LogP) is -0.0770. The maximum absolute atomic E-state index is 5.12. The average Bonchev–Trinajstić information content (AvgIpc) is 1.89. The van der Waals surface area contributed by atoms with Gasteiger partial charge >= 0.3 is 0 Å². The third-order valence-corrected chi connectivity index (χ3v) is 0.890. The van der Waals surface area contributed by atoms with Crippen LogP contribution in [-0.4, -0.2) is 40.1 Å². The lowest BCUT2D eigenvalue weighted by Crippen LogP contribution is -2.15. The van der Waals surface area contributed by atoms with Crippen molar-refractivity contribution >= 4 is 6.72 Å². The molecule has 0 radical (unpaired) electrons. The SMILES string of the molecule is C=NCCOCCNC. The van der Waals surface area contributed by atoms with Crippen LogP contribution in [0.3, 0.4) is 0 Å². The zero-order chi connectivity index (χ0) is 6.95. The average molecular weight is 130 g/mol. The van der Waals surface area contributed by atoms with Crippen LogP contribution < -0.4 is 5.32 Å². The van der Waals surface area contributed by atoms with Crippen LogP contribution in [0.1, 0.15) is 0 Å². The molecule has 0 rings (SSSR count). The molecule has 3 heteroatoms. The van der Waals surface area contributed by atoms with Gasteiger partial charge in [-0.15, -0.1) is 0 Å². The number of hydrogen-bond donors (Lipinski definition) is 1. The lowest BCUT2D eigenvalue weighted by molar-refractivity contribution is 0.145. The van der Waals surface area contributed by atoms with E-state index >= 15 is 0 Å². The van der Waals surface area contributed by atoms with Crippen molar-refractivity contribution in [2.24, 2.45) is 4.99 Å². The summed E-state index contributed by atoms with van der Waals surface area (Å²) < 4.78 is 5.12. The Bertz CT molecular complexity index is 66.1. The minimum Gasteiger partial charge on any atom is -0.378 e. The second-order valence-corrected chi connectivity index (χ2v) is 1.66. The van der Waals surface area contributed by atoms with E-state index in [1.165, 1.54) is 0 Å². The van der Waals surface area contributed by atoms with Crippen LogP contribution in [0.25, 0.3) is 0 Å². The second-order valence-electron chi connectivity index (χ2n) is 1.66. The fourth-order valence-electron chi connectivity index (χ4n) is 0.405. The van der Waals surface area contributed by atoms with E-state index in [0.717, 1.165) is 13.2 Å². The van der Waals surface area contributed by atoms with Crippen LogP contribution in [0.15, 0.2) is 4.99 Å². The molecule has 0 unspecified atom stereocenters. The Morgan fingerprint density at radius 2 is 2.33 bits per heavy atom. The van der Waals surface area contributed by atoms with Gasteiger partial charge in [0.05, 0.1) is 19.8 Å². The van der Waals surface area contributed by atoms with Crippen molar-refractivity contribution in [1.29, 1.82) is 0 Å². The highest BCUT2D eigenvalue weighted by atomic mass is 16.5. The topological polar surface area (TPSA) is 33.6 Å². The minimum atomic E-state index is 0.686. The van der Waals surface area contributed by atoms with Crippen molar-refractivity contribution in [3.63, 3.8) is 0 Å². The quantitative estimate of drug-likeness (QED) is 0.403. The van der Waals surface area contributed by atoms with Gasteiger partial charge in [0.2, 0.25) is 0 Å². The van der Waals surface area contributed by atoms with E-state index in [1.54, 1.807) is 0 Å². The molecule has 1 N–H and O–H groups in total. The number of rotatable bonds is 6. The molecule has 0 aliphatic carbocycles. The first-order valence-corrected chi connectivity index (χ1v) is 3.06. The van der Waals surface area contributed by atoms with Crippen molar-refractivity contribution < 1.29 is 4.74 Å². The molecule has 54 valence electrons. The number of hydrogen-bond acceptors (Lipinski definition) is 3. The molecule has 0 aromatic carbocycles. The Hall–Kier alpha value is -0.410. The summed E-state index contributed by atoms with van der Waals surface area (Å²) in [5.41, 5.74) is 0. The molecule has 0 saturated heterocycles. The first-order chi connectivity index (χ1) is 4.41. The van der Waals surface area contributed by atoms with E-state index in [-0.39, 0.29) is 0 Å². The van der Waals surface area contributed by atoms with Crippen molar-refractivity contribution in [2.75, 3.05) is 33.4 Å². The number of nitrogens with zero attached hydrogens (tertiary/aromatic N) is 1. The highest BCUT2D eigenvalue weighted by molar-refractivity contribution is 5.22. The van der Waals surface area contributed by atoms with Gasteiger partial charge in [0.15, 0.2) is 0 Å². The third kappa shape index (κ3) is 7.59. The van der Waals surface area contributed by atoms with Crippen LogP contribution in [0, 0.1) is 0 Å². The van der Waals surface area contributed by atoms with E-state index < -0.39 is 0 Å². The molecule has 0 aromatic rings. The summed E-state index contributed by atoms with van der Waals surface area (Å²) in [4.78, 5) is 3.64. The van der Waals surface area contributed by atoms with Crippen LogP contribution in [-0.2, 0) is 4.74 Å². The largest absolute Gasteiger partial charge is 0.378 e. The molecule has 0 aliphatic rings. The molecule has 0 aliphatic heterocycles. The Morgan fingerprint density at radius 3 is 2.89 bits per heavy atom. The van der Waals surface area contributed by atoms with Crippen molar-refractivity contribution in [3.8, 4) is 0 Å². The highest BCUT2D eigenvalue weighted by Gasteiger charge is 1.82. The molecule has 9 heavy (non-hydrogen) atoms. The van der Waals surface area contributed by atoms with Gasteiger partial charge in [-0.2, -0.15) is 0 Å². The lowest BCUT2D eigenvalue weighted by atomic mass is 10.6. The van der Waals surface area contributed by atoms with Gasteiger partial charge in [-0.25, -0.2) is 0 Å². The predicted molar refractivity (Wildman–Crippen MR) is 39.2 cm³/mol. The molecule has 0 spiro atoms. The van der Waals surface area contributed by atoms with E-state index in [4.69, 9.17) is 4.74 Å². The maximum Gasteiger partial charge on any atom is 0.0662 e. The Balaban J connectivity index is 2.66. The van der Waals surface area contributed by atoms with Crippen molar-refractivity contribution in [3.05, 3.63) is 0 Å². The van der Waals surface area contributed by atoms with Crippen LogP contribution in [0.4, 0.5) is 0 Å². The van der Waals surface area contributed by atoms with Gasteiger partial charge in [-0.1, -0.05) is 0 Å². The normalized spacial score (nSPS) is 9.44. The summed E-state index contributed by atoms with van der Waals surface area (Å²) >= 11 is 0. The van der Waals surface area contributed by atoms with Gasteiger partial charge in [0, 0.05) is 6.54 Å². The smallest absolute Gasteiger partial charge is 0.0662 e. The van der Waals surface area contributed by atoms with E-state index in [9.17, 15) is 0 Å². The van der Waals surface area contributed by atoms with Crippen molar-refractivity contribution in [1.82, 2.24) is 5.32 Å². The number of aliphatic imine (C=N–C) groups is 1. The molecule has 0 bridgehead atoms. The summed E-state index contributed by atoms with van der Waals surface area (Å²) in [5, 5.41) is 2.97. The summed E-state index contributed by atoms with van der Waals surface area (Å²) in [6.07, 6.45) is 0. The molecule has 0 heterocycles. The molecule has 0 atom stereocenters. The summed E-state index contributed by atoms with van der Waals surface area (Å²) in [6.45, 7) is 6.37. The van der Waals surface area contributed by atoms with Gasteiger partial charge in [-0.3, -0.25) is 4.99 Å². The molecule has 0 aromatic heterocycles. The fourth-order valence-corrected chi connectivity index (χ4v) is 0.405. The van der Waals surface area contributed by atoms with Gasteiger partial charge in [-0.05, 0) is 13.8 Å².